The van der Waals surface area contributed by atoms with E-state index in [0.29, 0.717) is 6.61 Å². The summed E-state index contributed by atoms with van der Waals surface area (Å²) in [5.74, 6) is 0.947. The molecule has 1 aliphatic rings. The number of aryl methyl sites for hydroxylation is 2. The number of fused-ring (bicyclic) bond motifs is 1. The van der Waals surface area contributed by atoms with Gasteiger partial charge in [0.25, 0.3) is 0 Å². The van der Waals surface area contributed by atoms with Crippen LogP contribution < -0.4 is 4.74 Å². The average molecular weight is 178 g/mol. The molecule has 1 atom stereocenters. The SMILES string of the molecule is Cc1cc(C)c2c(c1)OCC(O)C2. The van der Waals surface area contributed by atoms with Crippen LogP contribution in [0.1, 0.15) is 16.7 Å². The molecule has 0 fully saturated rings. The van der Waals surface area contributed by atoms with Crippen molar-refractivity contribution in [1.82, 2.24) is 0 Å². The van der Waals surface area contributed by atoms with Gasteiger partial charge in [0.15, 0.2) is 0 Å². The number of hydrogen-bond acceptors (Lipinski definition) is 2. The predicted octanol–water partition coefficient (Wildman–Crippen LogP) is 1.60. The lowest BCUT2D eigenvalue weighted by atomic mass is 9.97. The molecule has 0 bridgehead atoms. The van der Waals surface area contributed by atoms with Gasteiger partial charge < -0.3 is 9.84 Å². The van der Waals surface area contributed by atoms with Crippen molar-refractivity contribution in [3.8, 4) is 5.75 Å². The Morgan fingerprint density at radius 3 is 2.92 bits per heavy atom. The van der Waals surface area contributed by atoms with Crippen LogP contribution in [0.15, 0.2) is 12.1 Å². The topological polar surface area (TPSA) is 29.5 Å². The van der Waals surface area contributed by atoms with Crippen LogP contribution in [0, 0.1) is 13.8 Å². The van der Waals surface area contributed by atoms with Gasteiger partial charge in [-0.3, -0.25) is 0 Å². The third-order valence-electron chi connectivity index (χ3n) is 2.45. The molecule has 2 heteroatoms. The van der Waals surface area contributed by atoms with Gasteiger partial charge in [-0.25, -0.2) is 0 Å². The zero-order valence-corrected chi connectivity index (χ0v) is 8.00. The standard InChI is InChI=1S/C11H14O2/c1-7-3-8(2)10-5-9(12)6-13-11(10)4-7/h3-4,9,12H,5-6H2,1-2H3. The van der Waals surface area contributed by atoms with Gasteiger partial charge in [0, 0.05) is 6.42 Å². The molecule has 2 nitrogen and oxygen atoms in total. The van der Waals surface area contributed by atoms with Gasteiger partial charge in [-0.15, -0.1) is 0 Å². The van der Waals surface area contributed by atoms with E-state index in [2.05, 4.69) is 19.9 Å². The summed E-state index contributed by atoms with van der Waals surface area (Å²) < 4.78 is 5.45. The Hall–Kier alpha value is -1.02. The molecule has 0 saturated heterocycles. The van der Waals surface area contributed by atoms with Crippen LogP contribution in [-0.4, -0.2) is 17.8 Å². The fraction of sp³-hybridized carbons (Fsp3) is 0.455. The molecule has 13 heavy (non-hydrogen) atoms. The average Bonchev–Trinajstić information content (AvgIpc) is 2.06. The maximum Gasteiger partial charge on any atom is 0.123 e. The minimum absolute atomic E-state index is 0.339. The lowest BCUT2D eigenvalue weighted by Gasteiger charge is -2.23. The second-order valence-corrected chi connectivity index (χ2v) is 3.73. The number of rotatable bonds is 0. The van der Waals surface area contributed by atoms with Crippen LogP contribution in [0.4, 0.5) is 0 Å². The van der Waals surface area contributed by atoms with Gasteiger partial charge in [0.2, 0.25) is 0 Å². The molecule has 0 spiro atoms. The maximum absolute atomic E-state index is 9.42. The highest BCUT2D eigenvalue weighted by molar-refractivity contribution is 5.44. The largest absolute Gasteiger partial charge is 0.491 e. The van der Waals surface area contributed by atoms with Gasteiger partial charge in [0.1, 0.15) is 12.4 Å². The van der Waals surface area contributed by atoms with E-state index in [4.69, 9.17) is 4.74 Å². The summed E-state index contributed by atoms with van der Waals surface area (Å²) in [5, 5.41) is 9.42. The van der Waals surface area contributed by atoms with Gasteiger partial charge in [0.05, 0.1) is 6.10 Å². The van der Waals surface area contributed by atoms with E-state index in [1.54, 1.807) is 0 Å². The monoisotopic (exact) mass is 178 g/mol. The van der Waals surface area contributed by atoms with Crippen LogP contribution in [0.3, 0.4) is 0 Å². The van der Waals surface area contributed by atoms with E-state index >= 15 is 0 Å². The van der Waals surface area contributed by atoms with Crippen molar-refractivity contribution in [2.45, 2.75) is 26.4 Å². The lowest BCUT2D eigenvalue weighted by Crippen LogP contribution is -2.26. The molecule has 1 heterocycles. The number of benzene rings is 1. The molecule has 70 valence electrons. The van der Waals surface area contributed by atoms with Crippen LogP contribution in [0.25, 0.3) is 0 Å². The third kappa shape index (κ3) is 1.54. The first-order valence-electron chi connectivity index (χ1n) is 4.58. The Balaban J connectivity index is 2.47. The Bertz CT molecular complexity index is 331. The fourth-order valence-electron chi connectivity index (χ4n) is 1.83. The molecule has 1 aromatic carbocycles. The van der Waals surface area contributed by atoms with Crippen molar-refractivity contribution in [3.63, 3.8) is 0 Å². The van der Waals surface area contributed by atoms with Crippen molar-refractivity contribution < 1.29 is 9.84 Å². The van der Waals surface area contributed by atoms with Crippen molar-refractivity contribution in [2.24, 2.45) is 0 Å². The van der Waals surface area contributed by atoms with Crippen LogP contribution in [-0.2, 0) is 6.42 Å². The van der Waals surface area contributed by atoms with Crippen LogP contribution >= 0.6 is 0 Å². The molecule has 0 aliphatic carbocycles. The number of hydrogen-bond donors (Lipinski definition) is 1. The van der Waals surface area contributed by atoms with Gasteiger partial charge in [-0.2, -0.15) is 0 Å². The fourth-order valence-corrected chi connectivity index (χ4v) is 1.83. The number of aliphatic hydroxyl groups excluding tert-OH is 1. The summed E-state index contributed by atoms with van der Waals surface area (Å²) in [6.45, 7) is 4.55. The van der Waals surface area contributed by atoms with E-state index in [1.807, 2.05) is 6.07 Å². The predicted molar refractivity (Wildman–Crippen MR) is 51.1 cm³/mol. The molecule has 0 amide bonds. The highest BCUT2D eigenvalue weighted by atomic mass is 16.5. The first-order chi connectivity index (χ1) is 6.16. The van der Waals surface area contributed by atoms with Crippen molar-refractivity contribution in [1.29, 1.82) is 0 Å². The zero-order valence-electron chi connectivity index (χ0n) is 8.00. The number of aliphatic hydroxyl groups is 1. The molecule has 1 unspecified atom stereocenters. The summed E-state index contributed by atoms with van der Waals surface area (Å²) in [4.78, 5) is 0. The van der Waals surface area contributed by atoms with E-state index in [0.717, 1.165) is 17.7 Å². The first-order valence-corrected chi connectivity index (χ1v) is 4.58. The quantitative estimate of drug-likeness (QED) is 0.654. The molecular formula is C11H14O2. The van der Waals surface area contributed by atoms with E-state index in [1.165, 1.54) is 11.1 Å². The summed E-state index contributed by atoms with van der Waals surface area (Å²) in [6, 6.07) is 4.16. The molecule has 1 N–H and O–H groups in total. The first kappa shape index (κ1) is 8.57. The second-order valence-electron chi connectivity index (χ2n) is 3.73. The van der Waals surface area contributed by atoms with Crippen molar-refractivity contribution in [2.75, 3.05) is 6.61 Å². The summed E-state index contributed by atoms with van der Waals surface area (Å²) in [6.07, 6.45) is 0.385. The Labute approximate surface area is 78.2 Å². The summed E-state index contributed by atoms with van der Waals surface area (Å²) in [5.41, 5.74) is 3.59. The van der Waals surface area contributed by atoms with Crippen LogP contribution in [0.5, 0.6) is 5.75 Å². The van der Waals surface area contributed by atoms with Gasteiger partial charge in [-0.05, 0) is 36.6 Å². The molecule has 1 aromatic rings. The zero-order chi connectivity index (χ0) is 9.42. The van der Waals surface area contributed by atoms with Crippen molar-refractivity contribution in [3.05, 3.63) is 28.8 Å². The van der Waals surface area contributed by atoms with E-state index < -0.39 is 0 Å². The molecule has 0 aromatic heterocycles. The molecule has 1 aliphatic heterocycles. The second kappa shape index (κ2) is 3.04. The van der Waals surface area contributed by atoms with E-state index in [9.17, 15) is 5.11 Å². The Morgan fingerprint density at radius 1 is 1.38 bits per heavy atom. The molecule has 2 rings (SSSR count). The normalized spacial score (nSPS) is 20.7. The third-order valence-corrected chi connectivity index (χ3v) is 2.45. The highest BCUT2D eigenvalue weighted by Crippen LogP contribution is 2.28. The Kier molecular flexibility index (Phi) is 2.00. The van der Waals surface area contributed by atoms with Gasteiger partial charge >= 0.3 is 0 Å². The highest BCUT2D eigenvalue weighted by Gasteiger charge is 2.19. The van der Waals surface area contributed by atoms with Crippen molar-refractivity contribution >= 4 is 0 Å². The summed E-state index contributed by atoms with van der Waals surface area (Å²) in [7, 11) is 0. The maximum atomic E-state index is 9.42. The summed E-state index contributed by atoms with van der Waals surface area (Å²) >= 11 is 0. The minimum atomic E-state index is -0.339. The van der Waals surface area contributed by atoms with Gasteiger partial charge in [-0.1, -0.05) is 6.07 Å². The molecule has 0 saturated carbocycles. The smallest absolute Gasteiger partial charge is 0.123 e. The number of ether oxygens (including phenoxy) is 1. The minimum Gasteiger partial charge on any atom is -0.491 e. The van der Waals surface area contributed by atoms with E-state index in [-0.39, 0.29) is 6.10 Å². The van der Waals surface area contributed by atoms with Crippen LogP contribution in [0.2, 0.25) is 0 Å². The Morgan fingerprint density at radius 2 is 2.15 bits per heavy atom. The lowest BCUT2D eigenvalue weighted by molar-refractivity contribution is 0.0918. The molecular weight excluding hydrogens is 164 g/mol. The molecule has 0 radical (unpaired) electrons.